The number of carbonyl (C=O) groups is 2. The van der Waals surface area contributed by atoms with Crippen LogP contribution in [0.4, 0.5) is 18.9 Å². The monoisotopic (exact) mass is 638 g/mol. The van der Waals surface area contributed by atoms with Crippen LogP contribution in [0.3, 0.4) is 0 Å². The lowest BCUT2D eigenvalue weighted by Crippen LogP contribution is -2.62. The predicted octanol–water partition coefficient (Wildman–Crippen LogP) is 8.79. The van der Waals surface area contributed by atoms with Gasteiger partial charge in [0.1, 0.15) is 5.54 Å². The van der Waals surface area contributed by atoms with Crippen molar-refractivity contribution in [1.29, 1.82) is 0 Å². The third-order valence-corrected chi connectivity index (χ3v) is 10.3. The summed E-state index contributed by atoms with van der Waals surface area (Å²) < 4.78 is 40.4. The Morgan fingerprint density at radius 3 is 2.02 bits per heavy atom. The molecule has 3 atom stereocenters. The Morgan fingerprint density at radius 1 is 0.809 bits per heavy atom. The van der Waals surface area contributed by atoms with E-state index in [1.807, 2.05) is 69.3 Å². The molecule has 4 aromatic rings. The van der Waals surface area contributed by atoms with Crippen LogP contribution in [0.5, 0.6) is 0 Å². The second-order valence-corrected chi connectivity index (χ2v) is 13.5. The van der Waals surface area contributed by atoms with Crippen LogP contribution >= 0.6 is 0 Å². The first-order chi connectivity index (χ1) is 22.4. The zero-order valence-corrected chi connectivity index (χ0v) is 27.2. The molecule has 6 rings (SSSR count). The summed E-state index contributed by atoms with van der Waals surface area (Å²) in [6, 6.07) is 26.9. The fourth-order valence-electron chi connectivity index (χ4n) is 7.90. The van der Waals surface area contributed by atoms with E-state index in [1.165, 1.54) is 23.3 Å². The van der Waals surface area contributed by atoms with Crippen molar-refractivity contribution < 1.29 is 22.8 Å². The van der Waals surface area contributed by atoms with E-state index in [4.69, 9.17) is 0 Å². The summed E-state index contributed by atoms with van der Waals surface area (Å²) >= 11 is 0. The van der Waals surface area contributed by atoms with Gasteiger partial charge in [0, 0.05) is 12.2 Å². The van der Waals surface area contributed by atoms with Crippen molar-refractivity contribution in [2.45, 2.75) is 77.6 Å². The van der Waals surface area contributed by atoms with Gasteiger partial charge in [0.25, 0.3) is 0 Å². The summed E-state index contributed by atoms with van der Waals surface area (Å²) in [6.07, 6.45) is -0.931. The number of alkyl halides is 3. The molecule has 0 aromatic heterocycles. The Morgan fingerprint density at radius 2 is 1.40 bits per heavy atom. The standard InChI is InChI=1S/C40H41F3N2O2/c1-26-19-27(2)37(28(3)20-26)44-38(47)39(18-17-33-22-31-11-7-8-12-32(31)23-34(33)24-39)45(36(46)21-29-9-5-4-6-10-29)25-30-13-15-35(16-14-30)40(41,42)43/h4-16,19-20,33-34H,17-18,21-25H2,1-3H3,(H,44,47)/t33-,34-,39-/m0/s1. The van der Waals surface area contributed by atoms with Crippen LogP contribution in [-0.2, 0) is 41.6 Å². The van der Waals surface area contributed by atoms with E-state index in [1.54, 1.807) is 4.90 Å². The first kappa shape index (κ1) is 32.5. The van der Waals surface area contributed by atoms with E-state index in [-0.39, 0.29) is 30.7 Å². The minimum atomic E-state index is -4.47. The number of nitrogens with zero attached hydrogens (tertiary/aromatic N) is 1. The van der Waals surface area contributed by atoms with Crippen molar-refractivity contribution in [3.8, 4) is 0 Å². The molecule has 4 nitrogen and oxygen atoms in total. The number of rotatable bonds is 7. The van der Waals surface area contributed by atoms with E-state index in [0.29, 0.717) is 24.3 Å². The van der Waals surface area contributed by atoms with Gasteiger partial charge in [-0.1, -0.05) is 84.4 Å². The smallest absolute Gasteiger partial charge is 0.324 e. The van der Waals surface area contributed by atoms with Gasteiger partial charge in [-0.05, 0) is 110 Å². The van der Waals surface area contributed by atoms with E-state index in [9.17, 15) is 22.8 Å². The molecule has 47 heavy (non-hydrogen) atoms. The first-order valence-electron chi connectivity index (χ1n) is 16.4. The number of amides is 2. The van der Waals surface area contributed by atoms with Crippen LogP contribution in [0, 0.1) is 32.6 Å². The topological polar surface area (TPSA) is 49.4 Å². The van der Waals surface area contributed by atoms with Crippen molar-refractivity contribution in [2.24, 2.45) is 11.8 Å². The maximum absolute atomic E-state index is 14.9. The van der Waals surface area contributed by atoms with E-state index >= 15 is 0 Å². The summed E-state index contributed by atoms with van der Waals surface area (Å²) in [6.45, 7) is 5.98. The third-order valence-electron chi connectivity index (χ3n) is 10.3. The van der Waals surface area contributed by atoms with Gasteiger partial charge < -0.3 is 10.2 Å². The number of benzene rings is 4. The first-order valence-corrected chi connectivity index (χ1v) is 16.4. The number of halogens is 3. The second kappa shape index (κ2) is 13.0. The van der Waals surface area contributed by atoms with Crippen molar-refractivity contribution in [3.63, 3.8) is 0 Å². The van der Waals surface area contributed by atoms with Gasteiger partial charge in [0.05, 0.1) is 12.0 Å². The SMILES string of the molecule is Cc1cc(C)c(NC(=O)[C@]2(N(Cc3ccc(C(F)(F)F)cc3)C(=O)Cc3ccccc3)CC[C@H]3Cc4ccccc4C[C@H]3C2)c(C)c1. The zero-order chi connectivity index (χ0) is 33.3. The van der Waals surface area contributed by atoms with Crippen LogP contribution in [0.25, 0.3) is 0 Å². The molecular weight excluding hydrogens is 597 g/mol. The van der Waals surface area contributed by atoms with Gasteiger partial charge in [-0.2, -0.15) is 13.2 Å². The number of hydrogen-bond donors (Lipinski definition) is 1. The minimum absolute atomic E-state index is 0.0249. The van der Waals surface area contributed by atoms with Crippen molar-refractivity contribution >= 4 is 17.5 Å². The normalized spacial score (nSPS) is 20.6. The predicted molar refractivity (Wildman–Crippen MR) is 179 cm³/mol. The minimum Gasteiger partial charge on any atom is -0.324 e. The molecule has 0 aliphatic heterocycles. The Balaban J connectivity index is 1.43. The van der Waals surface area contributed by atoms with Crippen molar-refractivity contribution in [2.75, 3.05) is 5.32 Å². The van der Waals surface area contributed by atoms with Crippen LogP contribution < -0.4 is 5.32 Å². The summed E-state index contributed by atoms with van der Waals surface area (Å²) in [4.78, 5) is 31.1. The van der Waals surface area contributed by atoms with E-state index in [0.717, 1.165) is 59.3 Å². The molecule has 2 aliphatic rings. The largest absolute Gasteiger partial charge is 0.416 e. The number of fused-ring (bicyclic) bond motifs is 2. The van der Waals surface area contributed by atoms with Crippen molar-refractivity contribution in [1.82, 2.24) is 4.90 Å². The molecule has 0 unspecified atom stereocenters. The molecule has 2 amide bonds. The Kier molecular flexibility index (Phi) is 9.01. The molecule has 7 heteroatoms. The lowest BCUT2D eigenvalue weighted by atomic mass is 9.62. The molecule has 0 radical (unpaired) electrons. The quantitative estimate of drug-likeness (QED) is 0.220. The van der Waals surface area contributed by atoms with Crippen LogP contribution in [0.1, 0.15) is 63.8 Å². The molecule has 2 aliphatic carbocycles. The number of anilines is 1. The maximum Gasteiger partial charge on any atom is 0.416 e. The number of carbonyl (C=O) groups excluding carboxylic acids is 2. The molecule has 1 fully saturated rings. The second-order valence-electron chi connectivity index (χ2n) is 13.5. The molecule has 244 valence electrons. The molecule has 1 N–H and O–H groups in total. The van der Waals surface area contributed by atoms with Crippen LogP contribution in [0.15, 0.2) is 91.0 Å². The van der Waals surface area contributed by atoms with Gasteiger partial charge in [0.2, 0.25) is 11.8 Å². The third kappa shape index (κ3) is 6.85. The zero-order valence-electron chi connectivity index (χ0n) is 27.2. The average Bonchev–Trinajstić information content (AvgIpc) is 3.04. The summed E-state index contributed by atoms with van der Waals surface area (Å²) in [5, 5.41) is 3.26. The summed E-state index contributed by atoms with van der Waals surface area (Å²) in [5.41, 5.74) is 5.75. The van der Waals surface area contributed by atoms with Crippen LogP contribution in [-0.4, -0.2) is 22.3 Å². The van der Waals surface area contributed by atoms with Gasteiger partial charge in [-0.3, -0.25) is 9.59 Å². The molecule has 0 heterocycles. The highest BCUT2D eigenvalue weighted by Gasteiger charge is 2.52. The fraction of sp³-hybridized carbons (Fsp3) is 0.350. The maximum atomic E-state index is 14.9. The lowest BCUT2D eigenvalue weighted by Gasteiger charge is -2.51. The Bertz CT molecular complexity index is 1740. The molecule has 1 saturated carbocycles. The number of nitrogens with one attached hydrogen (secondary N) is 1. The number of hydrogen-bond acceptors (Lipinski definition) is 2. The average molecular weight is 639 g/mol. The molecule has 4 aromatic carbocycles. The molecule has 0 saturated heterocycles. The summed E-state index contributed by atoms with van der Waals surface area (Å²) in [5.74, 6) is 0.0894. The van der Waals surface area contributed by atoms with Crippen molar-refractivity contribution in [3.05, 3.63) is 136 Å². The van der Waals surface area contributed by atoms with E-state index < -0.39 is 17.3 Å². The fourth-order valence-corrected chi connectivity index (χ4v) is 7.90. The Hall–Kier alpha value is -4.39. The molecule has 0 spiro atoms. The van der Waals surface area contributed by atoms with Gasteiger partial charge >= 0.3 is 6.18 Å². The van der Waals surface area contributed by atoms with Gasteiger partial charge in [-0.15, -0.1) is 0 Å². The van der Waals surface area contributed by atoms with Crippen LogP contribution in [0.2, 0.25) is 0 Å². The molecule has 0 bridgehead atoms. The van der Waals surface area contributed by atoms with Gasteiger partial charge in [0.15, 0.2) is 0 Å². The highest BCUT2D eigenvalue weighted by atomic mass is 19.4. The van der Waals surface area contributed by atoms with E-state index in [2.05, 4.69) is 23.5 Å². The number of aryl methyl sites for hydroxylation is 3. The lowest BCUT2D eigenvalue weighted by molar-refractivity contribution is -0.150. The highest BCUT2D eigenvalue weighted by Crippen LogP contribution is 2.47. The Labute approximate surface area is 275 Å². The van der Waals surface area contributed by atoms with Gasteiger partial charge in [-0.25, -0.2) is 0 Å². The molecular formula is C40H41F3N2O2. The summed E-state index contributed by atoms with van der Waals surface area (Å²) in [7, 11) is 0. The highest BCUT2D eigenvalue weighted by molar-refractivity contribution is 6.02.